The fraction of sp³-hybridized carbons (Fsp3) is 0.346. The molecule has 29 heavy (non-hydrogen) atoms. The monoisotopic (exact) mass is 390 g/mol. The lowest BCUT2D eigenvalue weighted by molar-refractivity contribution is -0.113. The zero-order chi connectivity index (χ0) is 21.0. The van der Waals surface area contributed by atoms with Crippen molar-refractivity contribution in [2.24, 2.45) is 11.3 Å². The van der Waals surface area contributed by atoms with Crippen LogP contribution in [-0.4, -0.2) is 20.0 Å². The van der Waals surface area contributed by atoms with Gasteiger partial charge >= 0.3 is 0 Å². The van der Waals surface area contributed by atoms with Crippen molar-refractivity contribution in [3.63, 3.8) is 0 Å². The number of Topliss-reactive ketones (excluding diaryl/α,β-unsaturated/α-hetero) is 1. The Morgan fingerprint density at radius 2 is 1.21 bits per heavy atom. The first-order valence-corrected chi connectivity index (χ1v) is 10.1. The Hall–Kier alpha value is -2.81. The van der Waals surface area contributed by atoms with Crippen LogP contribution in [0.4, 0.5) is 0 Å². The first-order chi connectivity index (χ1) is 13.8. The molecule has 1 fully saturated rings. The van der Waals surface area contributed by atoms with Gasteiger partial charge in [0.05, 0.1) is 14.2 Å². The molecule has 2 aromatic carbocycles. The first kappa shape index (κ1) is 20.9. The summed E-state index contributed by atoms with van der Waals surface area (Å²) >= 11 is 0. The molecule has 2 aromatic rings. The Labute approximate surface area is 174 Å². The number of benzene rings is 2. The molecule has 0 spiro atoms. The van der Waals surface area contributed by atoms with Crippen molar-refractivity contribution in [3.8, 4) is 11.5 Å². The number of hydrogen-bond acceptors (Lipinski definition) is 3. The van der Waals surface area contributed by atoms with E-state index < -0.39 is 0 Å². The van der Waals surface area contributed by atoms with Crippen LogP contribution >= 0.6 is 0 Å². The van der Waals surface area contributed by atoms with E-state index in [1.54, 1.807) is 14.2 Å². The van der Waals surface area contributed by atoms with Gasteiger partial charge in [0.15, 0.2) is 5.78 Å². The number of ketones is 1. The van der Waals surface area contributed by atoms with Crippen LogP contribution < -0.4 is 9.47 Å². The van der Waals surface area contributed by atoms with Gasteiger partial charge in [0, 0.05) is 22.3 Å². The lowest BCUT2D eigenvalue weighted by Gasteiger charge is -2.35. The van der Waals surface area contributed by atoms with E-state index in [-0.39, 0.29) is 11.2 Å². The number of para-hydroxylation sites is 2. The molecular weight excluding hydrogens is 360 g/mol. The zero-order valence-corrected chi connectivity index (χ0v) is 18.0. The fourth-order valence-electron chi connectivity index (χ4n) is 3.80. The molecule has 152 valence electrons. The Kier molecular flexibility index (Phi) is 6.26. The highest BCUT2D eigenvalue weighted by molar-refractivity contribution is 6.14. The Morgan fingerprint density at radius 1 is 0.793 bits per heavy atom. The Bertz CT molecular complexity index is 875. The highest BCUT2D eigenvalue weighted by Crippen LogP contribution is 2.42. The number of carbonyl (C=O) groups is 1. The molecule has 0 aromatic heterocycles. The summed E-state index contributed by atoms with van der Waals surface area (Å²) in [5.41, 5.74) is 3.64. The van der Waals surface area contributed by atoms with Crippen LogP contribution in [0, 0.1) is 11.3 Å². The molecule has 0 aliphatic heterocycles. The molecule has 3 nitrogen and oxygen atoms in total. The highest BCUT2D eigenvalue weighted by atomic mass is 16.5. The maximum absolute atomic E-state index is 13.4. The van der Waals surface area contributed by atoms with Crippen molar-refractivity contribution in [2.45, 2.75) is 33.6 Å². The lowest BCUT2D eigenvalue weighted by atomic mass is 9.68. The Balaban J connectivity index is 2.07. The summed E-state index contributed by atoms with van der Waals surface area (Å²) < 4.78 is 11.0. The van der Waals surface area contributed by atoms with Gasteiger partial charge in [-0.05, 0) is 48.5 Å². The van der Waals surface area contributed by atoms with Gasteiger partial charge in [0.1, 0.15) is 11.5 Å². The van der Waals surface area contributed by atoms with Gasteiger partial charge in [-0.1, -0.05) is 57.2 Å². The topological polar surface area (TPSA) is 35.5 Å². The quantitative estimate of drug-likeness (QED) is 0.583. The number of methoxy groups -OCH3 is 2. The summed E-state index contributed by atoms with van der Waals surface area (Å²) in [6.45, 7) is 6.73. The largest absolute Gasteiger partial charge is 0.496 e. The molecule has 0 radical (unpaired) electrons. The van der Waals surface area contributed by atoms with Gasteiger partial charge in [-0.3, -0.25) is 4.79 Å². The van der Waals surface area contributed by atoms with Gasteiger partial charge in [-0.25, -0.2) is 0 Å². The van der Waals surface area contributed by atoms with Gasteiger partial charge in [-0.2, -0.15) is 0 Å². The predicted molar refractivity (Wildman–Crippen MR) is 119 cm³/mol. The first-order valence-electron chi connectivity index (χ1n) is 10.1. The molecule has 1 aliphatic carbocycles. The summed E-state index contributed by atoms with van der Waals surface area (Å²) in [6, 6.07) is 15.6. The van der Waals surface area contributed by atoms with E-state index >= 15 is 0 Å². The van der Waals surface area contributed by atoms with Crippen LogP contribution in [0.5, 0.6) is 11.5 Å². The van der Waals surface area contributed by atoms with E-state index in [0.29, 0.717) is 5.92 Å². The standard InChI is InChI=1S/C26H30O3/c1-26(2,3)22-16-20(14-18-10-6-8-12-23(18)28-4)25(27)21(17-22)15-19-11-7-9-13-24(19)29-5/h6-15,22H,16-17H2,1-5H3/b20-14-,21-15+. The normalized spacial score (nSPS) is 20.2. The number of rotatable bonds is 4. The van der Waals surface area contributed by atoms with Crippen molar-refractivity contribution in [2.75, 3.05) is 14.2 Å². The van der Waals surface area contributed by atoms with Gasteiger partial charge in [-0.15, -0.1) is 0 Å². The molecule has 0 heterocycles. The third kappa shape index (κ3) is 4.79. The molecule has 0 saturated heterocycles. The van der Waals surface area contributed by atoms with Crippen LogP contribution in [-0.2, 0) is 4.79 Å². The number of hydrogen-bond donors (Lipinski definition) is 0. The molecule has 0 amide bonds. The molecule has 3 rings (SSSR count). The minimum absolute atomic E-state index is 0.0976. The van der Waals surface area contributed by atoms with Gasteiger partial charge < -0.3 is 9.47 Å². The van der Waals surface area contributed by atoms with Crippen molar-refractivity contribution in [3.05, 3.63) is 70.8 Å². The second kappa shape index (κ2) is 8.69. The minimum atomic E-state index is 0.0976. The van der Waals surface area contributed by atoms with Crippen LogP contribution in [0.25, 0.3) is 12.2 Å². The maximum Gasteiger partial charge on any atom is 0.185 e. The van der Waals surface area contributed by atoms with Crippen molar-refractivity contribution in [1.82, 2.24) is 0 Å². The minimum Gasteiger partial charge on any atom is -0.496 e. The SMILES string of the molecule is COc1ccccc1/C=C1/CC(C(C)(C)C)C/C(=C\c2ccccc2OC)C1=O. The van der Waals surface area contributed by atoms with Gasteiger partial charge in [0.2, 0.25) is 0 Å². The molecule has 1 unspecified atom stereocenters. The van der Waals surface area contributed by atoms with E-state index in [1.807, 2.05) is 60.7 Å². The zero-order valence-electron chi connectivity index (χ0n) is 18.0. The molecule has 0 bridgehead atoms. The second-order valence-corrected chi connectivity index (χ2v) is 8.62. The van der Waals surface area contributed by atoms with Crippen LogP contribution in [0.1, 0.15) is 44.7 Å². The van der Waals surface area contributed by atoms with E-state index in [4.69, 9.17) is 9.47 Å². The van der Waals surface area contributed by atoms with Crippen LogP contribution in [0.3, 0.4) is 0 Å². The van der Waals surface area contributed by atoms with E-state index in [0.717, 1.165) is 46.6 Å². The summed E-state index contributed by atoms with van der Waals surface area (Å²) in [6.07, 6.45) is 5.53. The number of ether oxygens (including phenoxy) is 2. The average molecular weight is 391 g/mol. The molecule has 0 N–H and O–H groups in total. The van der Waals surface area contributed by atoms with Crippen LogP contribution in [0.15, 0.2) is 59.7 Å². The van der Waals surface area contributed by atoms with E-state index in [9.17, 15) is 4.79 Å². The summed E-state index contributed by atoms with van der Waals surface area (Å²) in [4.78, 5) is 13.4. The number of carbonyl (C=O) groups excluding carboxylic acids is 1. The van der Waals surface area contributed by atoms with E-state index in [1.165, 1.54) is 0 Å². The molecular formula is C26H30O3. The number of allylic oxidation sites excluding steroid dienone is 2. The molecule has 3 heteroatoms. The smallest absolute Gasteiger partial charge is 0.185 e. The van der Waals surface area contributed by atoms with Crippen LogP contribution in [0.2, 0.25) is 0 Å². The van der Waals surface area contributed by atoms with Crippen molar-refractivity contribution >= 4 is 17.9 Å². The summed E-state index contributed by atoms with van der Waals surface area (Å²) in [5.74, 6) is 2.05. The van der Waals surface area contributed by atoms with Crippen molar-refractivity contribution < 1.29 is 14.3 Å². The third-order valence-electron chi connectivity index (χ3n) is 5.68. The van der Waals surface area contributed by atoms with Crippen molar-refractivity contribution in [1.29, 1.82) is 0 Å². The fourth-order valence-corrected chi connectivity index (χ4v) is 3.80. The van der Waals surface area contributed by atoms with E-state index in [2.05, 4.69) is 20.8 Å². The molecule has 1 aliphatic rings. The third-order valence-corrected chi connectivity index (χ3v) is 5.68. The average Bonchev–Trinajstić information content (AvgIpc) is 2.70. The molecule has 1 atom stereocenters. The predicted octanol–water partition coefficient (Wildman–Crippen LogP) is 6.20. The lowest BCUT2D eigenvalue weighted by Crippen LogP contribution is -2.29. The Morgan fingerprint density at radius 3 is 1.59 bits per heavy atom. The van der Waals surface area contributed by atoms with Gasteiger partial charge in [0.25, 0.3) is 0 Å². The molecule has 1 saturated carbocycles. The summed E-state index contributed by atoms with van der Waals surface area (Å²) in [5, 5.41) is 0. The summed E-state index contributed by atoms with van der Waals surface area (Å²) in [7, 11) is 3.32. The maximum atomic E-state index is 13.4. The highest BCUT2D eigenvalue weighted by Gasteiger charge is 2.34. The second-order valence-electron chi connectivity index (χ2n) is 8.62.